The largest absolute Gasteiger partial charge is 0.384 e. The van der Waals surface area contributed by atoms with E-state index in [1.165, 1.54) is 0 Å². The summed E-state index contributed by atoms with van der Waals surface area (Å²) in [6.07, 6.45) is 3.34. The first-order valence-electron chi connectivity index (χ1n) is 5.52. The van der Waals surface area contributed by atoms with Gasteiger partial charge in [-0.1, -0.05) is 18.2 Å². The van der Waals surface area contributed by atoms with Crippen molar-refractivity contribution < 1.29 is 0 Å². The number of para-hydroxylation sites is 1. The van der Waals surface area contributed by atoms with Gasteiger partial charge < -0.3 is 5.73 Å². The van der Waals surface area contributed by atoms with Gasteiger partial charge in [-0.05, 0) is 24.3 Å². The molecule has 0 aliphatic carbocycles. The first-order valence-corrected chi connectivity index (χ1v) is 5.52. The Balaban J connectivity index is 2.13. The molecular weight excluding hydrogens is 226 g/mol. The lowest BCUT2D eigenvalue weighted by Crippen LogP contribution is -1.97. The molecule has 0 radical (unpaired) electrons. The number of nitrogens with zero attached hydrogens (tertiary/aromatic N) is 4. The predicted molar refractivity (Wildman–Crippen MR) is 69.0 cm³/mol. The second kappa shape index (κ2) is 4.29. The molecule has 18 heavy (non-hydrogen) atoms. The monoisotopic (exact) mass is 237 g/mol. The van der Waals surface area contributed by atoms with Crippen LogP contribution in [0.2, 0.25) is 0 Å². The number of aromatic nitrogens is 4. The highest BCUT2D eigenvalue weighted by atomic mass is 15.3. The zero-order valence-electron chi connectivity index (χ0n) is 9.56. The predicted octanol–water partition coefficient (Wildman–Crippen LogP) is 1.91. The van der Waals surface area contributed by atoms with E-state index in [2.05, 4.69) is 15.2 Å². The lowest BCUT2D eigenvalue weighted by atomic mass is 10.2. The van der Waals surface area contributed by atoms with Gasteiger partial charge in [-0.2, -0.15) is 0 Å². The molecule has 3 aromatic rings. The highest BCUT2D eigenvalue weighted by Gasteiger charge is 2.08. The Kier molecular flexibility index (Phi) is 2.49. The SMILES string of the molecule is Nc1cc(-c2nncn2-c2ccccc2)ccn1. The molecule has 88 valence electrons. The molecule has 0 saturated carbocycles. The van der Waals surface area contributed by atoms with E-state index < -0.39 is 0 Å². The first kappa shape index (κ1) is 10.5. The summed E-state index contributed by atoms with van der Waals surface area (Å²) in [6, 6.07) is 13.6. The van der Waals surface area contributed by atoms with Crippen molar-refractivity contribution in [3.63, 3.8) is 0 Å². The number of hydrogen-bond donors (Lipinski definition) is 1. The Bertz CT molecular complexity index is 660. The summed E-state index contributed by atoms with van der Waals surface area (Å²) in [7, 11) is 0. The first-order chi connectivity index (χ1) is 8.84. The molecule has 2 heterocycles. The minimum Gasteiger partial charge on any atom is -0.384 e. The standard InChI is InChI=1S/C13H11N5/c14-12-8-10(6-7-15-12)13-17-16-9-18(13)11-4-2-1-3-5-11/h1-9H,(H2,14,15). The maximum Gasteiger partial charge on any atom is 0.168 e. The van der Waals surface area contributed by atoms with Gasteiger partial charge in [-0.25, -0.2) is 4.98 Å². The zero-order chi connectivity index (χ0) is 12.4. The van der Waals surface area contributed by atoms with Crippen molar-refractivity contribution in [3.05, 3.63) is 55.0 Å². The van der Waals surface area contributed by atoms with Crippen molar-refractivity contribution in [1.82, 2.24) is 19.7 Å². The van der Waals surface area contributed by atoms with Crippen LogP contribution in [0.15, 0.2) is 55.0 Å². The summed E-state index contributed by atoms with van der Waals surface area (Å²) in [5.41, 5.74) is 7.58. The van der Waals surface area contributed by atoms with E-state index in [-0.39, 0.29) is 0 Å². The third-order valence-corrected chi connectivity index (χ3v) is 2.62. The van der Waals surface area contributed by atoms with Crippen molar-refractivity contribution in [3.8, 4) is 17.1 Å². The lowest BCUT2D eigenvalue weighted by molar-refractivity contribution is 1.06. The maximum atomic E-state index is 5.68. The third kappa shape index (κ3) is 1.82. The molecule has 3 rings (SSSR count). The van der Waals surface area contributed by atoms with Crippen molar-refractivity contribution in [1.29, 1.82) is 0 Å². The van der Waals surface area contributed by atoms with E-state index >= 15 is 0 Å². The summed E-state index contributed by atoms with van der Waals surface area (Å²) in [5.74, 6) is 1.21. The number of pyridine rings is 1. The van der Waals surface area contributed by atoms with Crippen LogP contribution in [0.25, 0.3) is 17.1 Å². The van der Waals surface area contributed by atoms with Gasteiger partial charge in [0.2, 0.25) is 0 Å². The number of nitrogen functional groups attached to an aromatic ring is 1. The van der Waals surface area contributed by atoms with Gasteiger partial charge in [0.05, 0.1) is 0 Å². The lowest BCUT2D eigenvalue weighted by Gasteiger charge is -2.06. The van der Waals surface area contributed by atoms with E-state index in [1.54, 1.807) is 18.6 Å². The maximum absolute atomic E-state index is 5.68. The normalized spacial score (nSPS) is 10.4. The fourth-order valence-corrected chi connectivity index (χ4v) is 1.80. The molecule has 0 spiro atoms. The molecule has 2 N–H and O–H groups in total. The Morgan fingerprint density at radius 2 is 1.89 bits per heavy atom. The fraction of sp³-hybridized carbons (Fsp3) is 0. The number of hydrogen-bond acceptors (Lipinski definition) is 4. The Labute approximate surface area is 104 Å². The van der Waals surface area contributed by atoms with E-state index in [9.17, 15) is 0 Å². The van der Waals surface area contributed by atoms with Crippen LogP contribution in [-0.4, -0.2) is 19.7 Å². The summed E-state index contributed by atoms with van der Waals surface area (Å²) in [5, 5.41) is 8.09. The quantitative estimate of drug-likeness (QED) is 0.739. The van der Waals surface area contributed by atoms with Crippen LogP contribution in [0.1, 0.15) is 0 Å². The molecule has 5 heteroatoms. The zero-order valence-corrected chi connectivity index (χ0v) is 9.56. The van der Waals surface area contributed by atoms with Gasteiger partial charge in [0.25, 0.3) is 0 Å². The second-order valence-corrected chi connectivity index (χ2v) is 3.83. The van der Waals surface area contributed by atoms with Gasteiger partial charge in [-0.15, -0.1) is 10.2 Å². The number of anilines is 1. The summed E-state index contributed by atoms with van der Waals surface area (Å²) < 4.78 is 1.91. The number of rotatable bonds is 2. The number of benzene rings is 1. The van der Waals surface area contributed by atoms with Crippen molar-refractivity contribution in [2.75, 3.05) is 5.73 Å². The van der Waals surface area contributed by atoms with Crippen LogP contribution in [0.5, 0.6) is 0 Å². The fourth-order valence-electron chi connectivity index (χ4n) is 1.80. The molecule has 0 unspecified atom stereocenters. The highest BCUT2D eigenvalue weighted by molar-refractivity contribution is 5.60. The Hall–Kier alpha value is -2.69. The average molecular weight is 237 g/mol. The van der Waals surface area contributed by atoms with Crippen molar-refractivity contribution in [2.24, 2.45) is 0 Å². The third-order valence-electron chi connectivity index (χ3n) is 2.62. The van der Waals surface area contributed by atoms with E-state index in [0.717, 1.165) is 17.1 Å². The molecule has 5 nitrogen and oxygen atoms in total. The van der Waals surface area contributed by atoms with Gasteiger partial charge in [-0.3, -0.25) is 4.57 Å². The van der Waals surface area contributed by atoms with Gasteiger partial charge >= 0.3 is 0 Å². The van der Waals surface area contributed by atoms with Crippen LogP contribution in [0.3, 0.4) is 0 Å². The van der Waals surface area contributed by atoms with Gasteiger partial charge in [0.15, 0.2) is 5.82 Å². The van der Waals surface area contributed by atoms with E-state index in [1.807, 2.05) is 41.0 Å². The van der Waals surface area contributed by atoms with E-state index in [4.69, 9.17) is 5.73 Å². The second-order valence-electron chi connectivity index (χ2n) is 3.83. The molecule has 0 aliphatic heterocycles. The molecular formula is C13H11N5. The highest BCUT2D eigenvalue weighted by Crippen LogP contribution is 2.20. The Morgan fingerprint density at radius 3 is 2.67 bits per heavy atom. The minimum atomic E-state index is 0.468. The molecule has 0 bridgehead atoms. The van der Waals surface area contributed by atoms with Gasteiger partial charge in [0.1, 0.15) is 12.1 Å². The van der Waals surface area contributed by atoms with E-state index in [0.29, 0.717) is 5.82 Å². The van der Waals surface area contributed by atoms with Crippen LogP contribution < -0.4 is 5.73 Å². The molecule has 0 atom stereocenters. The topological polar surface area (TPSA) is 69.6 Å². The molecule has 2 aromatic heterocycles. The van der Waals surface area contributed by atoms with Gasteiger partial charge in [0, 0.05) is 17.4 Å². The molecule has 1 aromatic carbocycles. The average Bonchev–Trinajstić information content (AvgIpc) is 2.89. The molecule has 0 amide bonds. The molecule has 0 fully saturated rings. The van der Waals surface area contributed by atoms with Crippen molar-refractivity contribution in [2.45, 2.75) is 0 Å². The summed E-state index contributed by atoms with van der Waals surface area (Å²) >= 11 is 0. The molecule has 0 saturated heterocycles. The van der Waals surface area contributed by atoms with Crippen LogP contribution in [-0.2, 0) is 0 Å². The van der Waals surface area contributed by atoms with Crippen LogP contribution in [0, 0.1) is 0 Å². The van der Waals surface area contributed by atoms with Crippen LogP contribution >= 0.6 is 0 Å². The van der Waals surface area contributed by atoms with Crippen molar-refractivity contribution >= 4 is 5.82 Å². The summed E-state index contributed by atoms with van der Waals surface area (Å²) in [4.78, 5) is 3.97. The summed E-state index contributed by atoms with van der Waals surface area (Å²) in [6.45, 7) is 0. The minimum absolute atomic E-state index is 0.468. The smallest absolute Gasteiger partial charge is 0.168 e. The Morgan fingerprint density at radius 1 is 1.06 bits per heavy atom. The van der Waals surface area contributed by atoms with Crippen LogP contribution in [0.4, 0.5) is 5.82 Å². The molecule has 0 aliphatic rings. The number of nitrogens with two attached hydrogens (primary N) is 1.